The van der Waals surface area contributed by atoms with Crippen molar-refractivity contribution in [2.45, 2.75) is 25.7 Å². The maximum Gasteiger partial charge on any atom is 0.0906 e. The second kappa shape index (κ2) is 10.6. The van der Waals surface area contributed by atoms with E-state index < -0.39 is 0 Å². The average molecular weight is 273 g/mol. The summed E-state index contributed by atoms with van der Waals surface area (Å²) in [7, 11) is 0. The molecule has 11 heavy (non-hydrogen) atoms. The Morgan fingerprint density at radius 1 is 1.00 bits per heavy atom. The van der Waals surface area contributed by atoms with Crippen molar-refractivity contribution in [2.24, 2.45) is 0 Å². The Labute approximate surface area is 82.3 Å². The lowest BCUT2D eigenvalue weighted by molar-refractivity contribution is 0.457. The van der Waals surface area contributed by atoms with Gasteiger partial charge in [0.2, 0.25) is 0 Å². The maximum absolute atomic E-state index is 11.6. The van der Waals surface area contributed by atoms with Gasteiger partial charge in [-0.25, -0.2) is 0 Å². The summed E-state index contributed by atoms with van der Waals surface area (Å²) in [5.74, 6) is 0. The Bertz CT molecular complexity index is 63.1. The van der Waals surface area contributed by atoms with Gasteiger partial charge in [0.1, 0.15) is 0 Å². The van der Waals surface area contributed by atoms with Crippen LogP contribution in [0.15, 0.2) is 0 Å². The number of rotatable bonds is 8. The molecule has 1 N–H and O–H groups in total. The number of hydrogen-bond acceptors (Lipinski definition) is 1. The van der Waals surface area contributed by atoms with Gasteiger partial charge in [-0.1, -0.05) is 29.0 Å². The van der Waals surface area contributed by atoms with Crippen LogP contribution in [0.1, 0.15) is 25.7 Å². The Hall–Kier alpha value is 0.620. The first kappa shape index (κ1) is 11.6. The van der Waals surface area contributed by atoms with E-state index in [-0.39, 0.29) is 6.67 Å². The molecule has 1 nitrogen and oxygen atoms in total. The van der Waals surface area contributed by atoms with E-state index in [9.17, 15) is 4.39 Å². The zero-order chi connectivity index (χ0) is 8.36. The summed E-state index contributed by atoms with van der Waals surface area (Å²) in [6, 6.07) is 0. The molecule has 0 aliphatic rings. The van der Waals surface area contributed by atoms with Gasteiger partial charge in [-0.05, 0) is 36.8 Å². The lowest BCUT2D eigenvalue weighted by Crippen LogP contribution is -2.16. The summed E-state index contributed by atoms with van der Waals surface area (Å²) < 4.78 is 12.8. The third-order valence-electron chi connectivity index (χ3n) is 1.47. The summed E-state index contributed by atoms with van der Waals surface area (Å²) in [5, 5.41) is 3.20. The van der Waals surface area contributed by atoms with Crippen LogP contribution < -0.4 is 5.32 Å². The lowest BCUT2D eigenvalue weighted by atomic mass is 10.2. The smallest absolute Gasteiger partial charge is 0.0906 e. The van der Waals surface area contributed by atoms with Crippen molar-refractivity contribution in [1.29, 1.82) is 0 Å². The van der Waals surface area contributed by atoms with Crippen LogP contribution in [0.5, 0.6) is 0 Å². The lowest BCUT2D eigenvalue weighted by Gasteiger charge is -2.01. The van der Waals surface area contributed by atoms with Gasteiger partial charge >= 0.3 is 0 Å². The molecule has 0 bridgehead atoms. The maximum atomic E-state index is 11.6. The zero-order valence-electron chi connectivity index (χ0n) is 6.91. The molecule has 0 atom stereocenters. The van der Waals surface area contributed by atoms with Gasteiger partial charge in [0, 0.05) is 0 Å². The largest absolute Gasteiger partial charge is 0.317 e. The van der Waals surface area contributed by atoms with Crippen LogP contribution in [-0.2, 0) is 0 Å². The van der Waals surface area contributed by atoms with Crippen molar-refractivity contribution in [3.63, 3.8) is 0 Å². The predicted molar refractivity (Wildman–Crippen MR) is 56.2 cm³/mol. The van der Waals surface area contributed by atoms with Crippen molar-refractivity contribution >= 4 is 22.6 Å². The zero-order valence-corrected chi connectivity index (χ0v) is 9.07. The monoisotopic (exact) mass is 273 g/mol. The molecule has 0 aromatic carbocycles. The first-order chi connectivity index (χ1) is 5.41. The number of unbranched alkanes of at least 4 members (excludes halogenated alkanes) is 2. The van der Waals surface area contributed by atoms with Crippen LogP contribution in [0.3, 0.4) is 0 Å². The molecule has 0 spiro atoms. The predicted octanol–water partition coefficient (Wildman–Crippen LogP) is 2.54. The van der Waals surface area contributed by atoms with Crippen molar-refractivity contribution in [3.05, 3.63) is 0 Å². The first-order valence-corrected chi connectivity index (χ1v) is 5.77. The standard InChI is InChI=1S/C8H17FIN/c9-5-4-8-11-7-3-1-2-6-10/h11H,1-8H2. The molecule has 68 valence electrons. The van der Waals surface area contributed by atoms with Gasteiger partial charge in [-0.2, -0.15) is 0 Å². The average Bonchev–Trinajstić information content (AvgIpc) is 2.03. The molecule has 0 aromatic rings. The van der Waals surface area contributed by atoms with Gasteiger partial charge in [-0.15, -0.1) is 0 Å². The number of halogens is 2. The van der Waals surface area contributed by atoms with Gasteiger partial charge < -0.3 is 5.32 Å². The third-order valence-corrected chi connectivity index (χ3v) is 2.24. The highest BCUT2D eigenvalue weighted by atomic mass is 127. The van der Waals surface area contributed by atoms with Gasteiger partial charge in [-0.3, -0.25) is 4.39 Å². The molecule has 0 aliphatic heterocycles. The molecule has 0 saturated heterocycles. The molecule has 0 aliphatic carbocycles. The molecule has 0 fully saturated rings. The Balaban J connectivity index is 2.69. The molecule has 0 rings (SSSR count). The normalized spacial score (nSPS) is 10.4. The molecule has 0 heterocycles. The molecule has 0 radical (unpaired) electrons. The molecular formula is C8H17FIN. The van der Waals surface area contributed by atoms with E-state index >= 15 is 0 Å². The van der Waals surface area contributed by atoms with E-state index in [0.29, 0.717) is 6.42 Å². The summed E-state index contributed by atoms with van der Waals surface area (Å²) in [6.45, 7) is 1.69. The Morgan fingerprint density at radius 2 is 1.73 bits per heavy atom. The molecule has 0 amide bonds. The Kier molecular flexibility index (Phi) is 11.2. The minimum absolute atomic E-state index is 0.194. The van der Waals surface area contributed by atoms with E-state index in [2.05, 4.69) is 27.9 Å². The summed E-state index contributed by atoms with van der Waals surface area (Å²) >= 11 is 2.39. The van der Waals surface area contributed by atoms with Crippen molar-refractivity contribution in [2.75, 3.05) is 24.2 Å². The molecule has 3 heteroatoms. The number of nitrogens with one attached hydrogen (secondary N) is 1. The van der Waals surface area contributed by atoms with Crippen LogP contribution in [0.2, 0.25) is 0 Å². The van der Waals surface area contributed by atoms with E-state index in [0.717, 1.165) is 13.1 Å². The van der Waals surface area contributed by atoms with Crippen LogP contribution in [0, 0.1) is 0 Å². The summed E-state index contributed by atoms with van der Waals surface area (Å²) in [6.07, 6.45) is 4.50. The van der Waals surface area contributed by atoms with Gasteiger partial charge in [0.15, 0.2) is 0 Å². The molecular weight excluding hydrogens is 256 g/mol. The van der Waals surface area contributed by atoms with Crippen LogP contribution in [-0.4, -0.2) is 24.2 Å². The summed E-state index contributed by atoms with van der Waals surface area (Å²) in [5.41, 5.74) is 0. The fourth-order valence-electron chi connectivity index (χ4n) is 0.838. The molecule has 0 aromatic heterocycles. The highest BCUT2D eigenvalue weighted by molar-refractivity contribution is 14.1. The van der Waals surface area contributed by atoms with Crippen molar-refractivity contribution in [1.82, 2.24) is 5.32 Å². The Morgan fingerprint density at radius 3 is 2.36 bits per heavy atom. The highest BCUT2D eigenvalue weighted by Crippen LogP contribution is 1.97. The van der Waals surface area contributed by atoms with Crippen molar-refractivity contribution in [3.8, 4) is 0 Å². The third kappa shape index (κ3) is 10.6. The van der Waals surface area contributed by atoms with Gasteiger partial charge in [0.25, 0.3) is 0 Å². The minimum atomic E-state index is -0.194. The van der Waals surface area contributed by atoms with E-state index in [1.54, 1.807) is 0 Å². The van der Waals surface area contributed by atoms with Gasteiger partial charge in [0.05, 0.1) is 6.67 Å². The quantitative estimate of drug-likeness (QED) is 0.407. The first-order valence-electron chi connectivity index (χ1n) is 4.24. The van der Waals surface area contributed by atoms with Crippen LogP contribution in [0.25, 0.3) is 0 Å². The van der Waals surface area contributed by atoms with E-state index in [4.69, 9.17) is 0 Å². The number of alkyl halides is 2. The second-order valence-electron chi connectivity index (χ2n) is 2.54. The highest BCUT2D eigenvalue weighted by Gasteiger charge is 1.88. The SMILES string of the molecule is FCCCNCCCCCI. The minimum Gasteiger partial charge on any atom is -0.317 e. The van der Waals surface area contributed by atoms with E-state index in [1.807, 2.05) is 0 Å². The van der Waals surface area contributed by atoms with Crippen LogP contribution in [0.4, 0.5) is 4.39 Å². The molecule has 0 saturated carbocycles. The van der Waals surface area contributed by atoms with Crippen LogP contribution >= 0.6 is 22.6 Å². The van der Waals surface area contributed by atoms with E-state index in [1.165, 1.54) is 23.7 Å². The topological polar surface area (TPSA) is 12.0 Å². The van der Waals surface area contributed by atoms with Crippen molar-refractivity contribution < 1.29 is 4.39 Å². The second-order valence-corrected chi connectivity index (χ2v) is 3.62. The fraction of sp³-hybridized carbons (Fsp3) is 1.00. The molecule has 0 unspecified atom stereocenters. The fourth-order valence-corrected chi connectivity index (χ4v) is 1.38. The number of hydrogen-bond donors (Lipinski definition) is 1. The summed E-state index contributed by atoms with van der Waals surface area (Å²) in [4.78, 5) is 0.